The first-order valence-corrected chi connectivity index (χ1v) is 15.2. The number of halogens is 1. The lowest BCUT2D eigenvalue weighted by Gasteiger charge is -2.37. The fourth-order valence-electron chi connectivity index (χ4n) is 5.57. The number of benzene rings is 2. The number of oxazole rings is 1. The van der Waals surface area contributed by atoms with E-state index in [-0.39, 0.29) is 75.2 Å². The summed E-state index contributed by atoms with van der Waals surface area (Å²) < 4.78 is 55.3. The monoisotopic (exact) mass is 593 g/mol. The van der Waals surface area contributed by atoms with Gasteiger partial charge >= 0.3 is 0 Å². The highest BCUT2D eigenvalue weighted by Crippen LogP contribution is 2.52. The number of rotatable bonds is 4. The van der Waals surface area contributed by atoms with Crippen LogP contribution in [0.1, 0.15) is 67.4 Å². The highest BCUT2D eigenvalue weighted by atomic mass is 32.2. The Labute approximate surface area is 244 Å². The number of phenolic OH excluding ortho intramolecular Hbond substituents is 1. The van der Waals surface area contributed by atoms with Crippen LogP contribution in [0.25, 0.3) is 0 Å². The van der Waals surface area contributed by atoms with E-state index < -0.39 is 33.0 Å². The number of ether oxygens (including phenoxy) is 1. The zero-order chi connectivity index (χ0) is 30.4. The van der Waals surface area contributed by atoms with Crippen molar-refractivity contribution in [1.82, 2.24) is 4.98 Å². The molecular weight excluding hydrogens is 561 g/mol. The number of aromatic nitrogens is 1. The zero-order valence-corrected chi connectivity index (χ0v) is 24.9. The van der Waals surface area contributed by atoms with E-state index in [1.54, 1.807) is 19.9 Å². The molecule has 1 atom stereocenters. The second-order valence-corrected chi connectivity index (χ2v) is 13.1. The molecule has 0 aliphatic carbocycles. The van der Waals surface area contributed by atoms with E-state index in [2.05, 4.69) is 22.1 Å². The summed E-state index contributed by atoms with van der Waals surface area (Å²) >= 11 is 0. The number of aromatic hydroxyl groups is 1. The second-order valence-electron chi connectivity index (χ2n) is 11.1. The van der Waals surface area contributed by atoms with Gasteiger partial charge in [-0.15, -0.1) is 5.92 Å². The first kappa shape index (κ1) is 29.2. The van der Waals surface area contributed by atoms with Gasteiger partial charge in [-0.25, -0.2) is 17.8 Å². The third-order valence-corrected chi connectivity index (χ3v) is 9.44. The highest BCUT2D eigenvalue weighted by Gasteiger charge is 2.48. The molecule has 3 aromatic rings. The number of para-hydroxylation sites is 1. The molecule has 2 aliphatic heterocycles. The van der Waals surface area contributed by atoms with E-state index in [1.165, 1.54) is 29.2 Å². The molecule has 2 aliphatic rings. The Kier molecular flexibility index (Phi) is 7.53. The lowest BCUT2D eigenvalue weighted by atomic mass is 9.88. The van der Waals surface area contributed by atoms with Crippen LogP contribution in [-0.2, 0) is 9.84 Å². The molecule has 220 valence electrons. The molecule has 1 amide bonds. The van der Waals surface area contributed by atoms with Crippen molar-refractivity contribution in [2.24, 2.45) is 5.41 Å². The van der Waals surface area contributed by atoms with Gasteiger partial charge in [-0.3, -0.25) is 9.69 Å². The van der Waals surface area contributed by atoms with Crippen molar-refractivity contribution in [3.05, 3.63) is 75.7 Å². The van der Waals surface area contributed by atoms with Crippen LogP contribution in [0, 0.1) is 36.9 Å². The van der Waals surface area contributed by atoms with Crippen LogP contribution in [0.4, 0.5) is 15.8 Å². The zero-order valence-electron chi connectivity index (χ0n) is 24.0. The fourth-order valence-corrected chi connectivity index (χ4v) is 7.92. The van der Waals surface area contributed by atoms with Gasteiger partial charge in [-0.1, -0.05) is 32.8 Å². The number of hydrogen-bond donors (Lipinski definition) is 2. The van der Waals surface area contributed by atoms with Crippen molar-refractivity contribution in [3.63, 3.8) is 0 Å². The van der Waals surface area contributed by atoms with Gasteiger partial charge < -0.3 is 19.6 Å². The van der Waals surface area contributed by atoms with E-state index in [9.17, 15) is 18.3 Å². The minimum atomic E-state index is -4.06. The Balaban J connectivity index is 1.79. The SMILES string of the molecule is CCC#CCOc1ccc(C2C3=C(CC(C)(C)CS3(=O)=O)Nc3c(O)cccc3N2C(=O)c2nc(C)oc2C)c(F)c1. The molecule has 0 radical (unpaired) electrons. The summed E-state index contributed by atoms with van der Waals surface area (Å²) in [5.74, 6) is 4.45. The maximum absolute atomic E-state index is 16.1. The number of sulfone groups is 1. The smallest absolute Gasteiger partial charge is 0.281 e. The number of nitrogens with one attached hydrogen (secondary N) is 1. The molecule has 9 nitrogen and oxygen atoms in total. The average Bonchev–Trinajstić information content (AvgIpc) is 3.15. The van der Waals surface area contributed by atoms with E-state index in [4.69, 9.17) is 9.15 Å². The summed E-state index contributed by atoms with van der Waals surface area (Å²) in [7, 11) is -4.06. The predicted molar refractivity (Wildman–Crippen MR) is 156 cm³/mol. The van der Waals surface area contributed by atoms with Gasteiger partial charge in [0.25, 0.3) is 5.91 Å². The van der Waals surface area contributed by atoms with E-state index in [1.807, 2.05) is 20.8 Å². The van der Waals surface area contributed by atoms with Crippen molar-refractivity contribution in [2.45, 2.75) is 53.5 Å². The Morgan fingerprint density at radius 3 is 2.69 bits per heavy atom. The number of carbonyl (C=O) groups excluding carboxylic acids is 1. The molecule has 0 saturated carbocycles. The lowest BCUT2D eigenvalue weighted by molar-refractivity contribution is 0.0974. The average molecular weight is 594 g/mol. The van der Waals surface area contributed by atoms with Gasteiger partial charge in [0, 0.05) is 30.7 Å². The first-order valence-electron chi connectivity index (χ1n) is 13.5. The summed E-state index contributed by atoms with van der Waals surface area (Å²) in [5, 5.41) is 14.0. The van der Waals surface area contributed by atoms with E-state index in [0.717, 1.165) is 6.07 Å². The topological polar surface area (TPSA) is 122 Å². The number of phenols is 1. The lowest BCUT2D eigenvalue weighted by Crippen LogP contribution is -2.41. The van der Waals surface area contributed by atoms with Crippen LogP contribution in [0.3, 0.4) is 0 Å². The predicted octanol–water partition coefficient (Wildman–Crippen LogP) is 5.80. The van der Waals surface area contributed by atoms with Crippen molar-refractivity contribution >= 4 is 27.1 Å². The van der Waals surface area contributed by atoms with Gasteiger partial charge in [0.2, 0.25) is 0 Å². The van der Waals surface area contributed by atoms with Crippen LogP contribution < -0.4 is 15.0 Å². The van der Waals surface area contributed by atoms with Crippen LogP contribution in [0.15, 0.2) is 51.4 Å². The van der Waals surface area contributed by atoms with Gasteiger partial charge in [-0.2, -0.15) is 0 Å². The van der Waals surface area contributed by atoms with Crippen molar-refractivity contribution in [2.75, 3.05) is 22.6 Å². The van der Waals surface area contributed by atoms with Gasteiger partial charge in [0.05, 0.1) is 16.3 Å². The van der Waals surface area contributed by atoms with Gasteiger partial charge in [0.15, 0.2) is 21.4 Å². The molecule has 2 N–H and O–H groups in total. The standard InChI is InChI=1S/C31H32FN3O6S/c1-6-7-8-14-40-20-12-13-21(22(32)15-20)28-29-23(16-31(4,5)17-42(29,38)39)34-27-24(10-9-11-25(27)36)35(28)30(37)26-18(2)41-19(3)33-26/h9-13,15,28,34,36H,6,14,16-17H2,1-5H3. The summed E-state index contributed by atoms with van der Waals surface area (Å²) in [6.45, 7) is 8.75. The molecule has 1 aromatic heterocycles. The number of hydrogen-bond acceptors (Lipinski definition) is 8. The summed E-state index contributed by atoms with van der Waals surface area (Å²) in [6.07, 6.45) is 0.926. The fraction of sp³-hybridized carbons (Fsp3) is 0.355. The largest absolute Gasteiger partial charge is 0.506 e. The third kappa shape index (κ3) is 5.34. The third-order valence-electron chi connectivity index (χ3n) is 7.14. The summed E-state index contributed by atoms with van der Waals surface area (Å²) in [6, 6.07) is 7.16. The minimum absolute atomic E-state index is 0.0563. The molecule has 2 aromatic carbocycles. The minimum Gasteiger partial charge on any atom is -0.506 e. The Morgan fingerprint density at radius 1 is 1.26 bits per heavy atom. The van der Waals surface area contributed by atoms with Crippen molar-refractivity contribution in [3.8, 4) is 23.3 Å². The number of allylic oxidation sites excluding steroid dienone is 1. The van der Waals surface area contributed by atoms with Gasteiger partial charge in [-0.05, 0) is 43.0 Å². The molecule has 42 heavy (non-hydrogen) atoms. The number of amides is 1. The van der Waals surface area contributed by atoms with Crippen LogP contribution in [0.2, 0.25) is 0 Å². The van der Waals surface area contributed by atoms with Crippen LogP contribution in [0.5, 0.6) is 11.5 Å². The van der Waals surface area contributed by atoms with Crippen LogP contribution in [-0.4, -0.2) is 36.8 Å². The molecule has 0 fully saturated rings. The quantitative estimate of drug-likeness (QED) is 0.288. The molecule has 3 heterocycles. The second kappa shape index (κ2) is 10.8. The maximum Gasteiger partial charge on any atom is 0.281 e. The molecule has 0 bridgehead atoms. The van der Waals surface area contributed by atoms with Crippen LogP contribution >= 0.6 is 0 Å². The Morgan fingerprint density at radius 2 is 2.02 bits per heavy atom. The number of fused-ring (bicyclic) bond motifs is 1. The normalized spacial score (nSPS) is 18.6. The van der Waals surface area contributed by atoms with Crippen molar-refractivity contribution in [1.29, 1.82) is 0 Å². The summed E-state index contributed by atoms with van der Waals surface area (Å²) in [5.41, 5.74) is -0.240. The number of carbonyl (C=O) groups is 1. The molecule has 1 unspecified atom stereocenters. The van der Waals surface area contributed by atoms with E-state index >= 15 is 4.39 Å². The molecular formula is C31H32FN3O6S. The molecule has 11 heteroatoms. The van der Waals surface area contributed by atoms with Gasteiger partial charge in [0.1, 0.15) is 41.4 Å². The first-order chi connectivity index (χ1) is 19.8. The van der Waals surface area contributed by atoms with E-state index in [0.29, 0.717) is 6.42 Å². The highest BCUT2D eigenvalue weighted by molar-refractivity contribution is 7.95. The summed E-state index contributed by atoms with van der Waals surface area (Å²) in [4.78, 5) is 19.6. The Bertz CT molecular complexity index is 1780. The molecule has 0 saturated heterocycles. The number of aryl methyl sites for hydroxylation is 2. The number of anilines is 2. The number of nitrogens with zero attached hydrogens (tertiary/aromatic N) is 2. The Hall–Kier alpha value is -4.30. The maximum atomic E-state index is 16.1. The molecule has 0 spiro atoms. The molecule has 5 rings (SSSR count). The van der Waals surface area contributed by atoms with Crippen molar-refractivity contribution < 1.29 is 31.9 Å².